The van der Waals surface area contributed by atoms with Crippen LogP contribution in [0.5, 0.6) is 0 Å². The van der Waals surface area contributed by atoms with Crippen LogP contribution in [-0.2, 0) is 16.0 Å². The number of carboxylic acid groups (broad SMARTS) is 1. The van der Waals surface area contributed by atoms with Crippen LogP contribution in [0, 0.1) is 11.8 Å². The first-order valence-corrected chi connectivity index (χ1v) is 8.62. The summed E-state index contributed by atoms with van der Waals surface area (Å²) in [5.41, 5.74) is 1.22. The van der Waals surface area contributed by atoms with E-state index in [-0.39, 0.29) is 17.7 Å². The normalized spacial score (nSPS) is 20.7. The topological polar surface area (TPSA) is 66.4 Å². The largest absolute Gasteiger partial charge is 0.481 e. The maximum atomic E-state index is 12.3. The van der Waals surface area contributed by atoms with Gasteiger partial charge in [-0.05, 0) is 42.0 Å². The van der Waals surface area contributed by atoms with Gasteiger partial charge >= 0.3 is 5.97 Å². The monoisotopic (exact) mass is 325 g/mol. The molecule has 2 N–H and O–H groups in total. The predicted octanol–water partition coefficient (Wildman–Crippen LogP) is 3.39. The van der Waals surface area contributed by atoms with Crippen LogP contribution >= 0.6 is 0 Å². The Hall–Kier alpha value is -2.36. The number of amides is 1. The molecule has 24 heavy (non-hydrogen) atoms. The molecule has 0 bridgehead atoms. The summed E-state index contributed by atoms with van der Waals surface area (Å²) in [6, 6.07) is 14.5. The van der Waals surface area contributed by atoms with E-state index in [2.05, 4.69) is 29.6 Å². The van der Waals surface area contributed by atoms with Crippen molar-refractivity contribution < 1.29 is 14.7 Å². The van der Waals surface area contributed by atoms with Gasteiger partial charge in [-0.15, -0.1) is 0 Å². The van der Waals surface area contributed by atoms with Crippen molar-refractivity contribution in [2.45, 2.75) is 32.1 Å². The minimum absolute atomic E-state index is 0.00110. The first-order valence-electron chi connectivity index (χ1n) is 8.62. The van der Waals surface area contributed by atoms with E-state index in [0.29, 0.717) is 19.4 Å². The average Bonchev–Trinajstić information content (AvgIpc) is 2.62. The van der Waals surface area contributed by atoms with Gasteiger partial charge in [-0.25, -0.2) is 0 Å². The third kappa shape index (κ3) is 3.75. The maximum Gasteiger partial charge on any atom is 0.306 e. The van der Waals surface area contributed by atoms with E-state index in [4.69, 9.17) is 5.11 Å². The highest BCUT2D eigenvalue weighted by Gasteiger charge is 2.30. The van der Waals surface area contributed by atoms with E-state index in [0.717, 1.165) is 19.3 Å². The zero-order chi connectivity index (χ0) is 16.9. The SMILES string of the molecule is O=C(O)C1CCCC(C(=O)NCCc2cccc3ccccc23)C1. The van der Waals surface area contributed by atoms with Gasteiger partial charge in [-0.3, -0.25) is 9.59 Å². The summed E-state index contributed by atoms with van der Waals surface area (Å²) in [4.78, 5) is 23.4. The van der Waals surface area contributed by atoms with Crippen molar-refractivity contribution in [2.75, 3.05) is 6.54 Å². The van der Waals surface area contributed by atoms with E-state index < -0.39 is 5.97 Å². The Kier molecular flexibility index (Phi) is 5.14. The summed E-state index contributed by atoms with van der Waals surface area (Å²) in [5, 5.41) is 14.6. The summed E-state index contributed by atoms with van der Waals surface area (Å²) < 4.78 is 0. The Morgan fingerprint density at radius 2 is 1.79 bits per heavy atom. The Labute approximate surface area is 141 Å². The lowest BCUT2D eigenvalue weighted by Gasteiger charge is -2.25. The molecule has 0 saturated heterocycles. The van der Waals surface area contributed by atoms with Crippen molar-refractivity contribution in [1.29, 1.82) is 0 Å². The lowest BCUT2D eigenvalue weighted by Crippen LogP contribution is -2.36. The summed E-state index contributed by atoms with van der Waals surface area (Å²) in [7, 11) is 0. The number of rotatable bonds is 5. The van der Waals surface area contributed by atoms with Crippen molar-refractivity contribution >= 4 is 22.6 Å². The second-order valence-electron chi connectivity index (χ2n) is 6.58. The minimum atomic E-state index is -0.775. The number of carbonyl (C=O) groups excluding carboxylic acids is 1. The summed E-state index contributed by atoms with van der Waals surface area (Å²) >= 11 is 0. The fourth-order valence-corrected chi connectivity index (χ4v) is 3.63. The molecule has 0 radical (unpaired) electrons. The van der Waals surface area contributed by atoms with Gasteiger partial charge < -0.3 is 10.4 Å². The molecule has 2 aromatic carbocycles. The molecule has 4 heteroatoms. The molecular weight excluding hydrogens is 302 g/mol. The molecule has 0 aromatic heterocycles. The molecule has 2 unspecified atom stereocenters. The summed E-state index contributed by atoms with van der Waals surface area (Å²) in [5.74, 6) is -1.30. The van der Waals surface area contributed by atoms with E-state index in [9.17, 15) is 9.59 Å². The van der Waals surface area contributed by atoms with Crippen molar-refractivity contribution in [3.05, 3.63) is 48.0 Å². The number of hydrogen-bond acceptors (Lipinski definition) is 2. The quantitative estimate of drug-likeness (QED) is 0.885. The molecule has 1 fully saturated rings. The minimum Gasteiger partial charge on any atom is -0.481 e. The van der Waals surface area contributed by atoms with Gasteiger partial charge in [0, 0.05) is 12.5 Å². The number of aliphatic carboxylic acids is 1. The molecule has 1 saturated carbocycles. The third-order valence-electron chi connectivity index (χ3n) is 4.97. The van der Waals surface area contributed by atoms with E-state index in [1.165, 1.54) is 16.3 Å². The number of benzene rings is 2. The fourth-order valence-electron chi connectivity index (χ4n) is 3.63. The van der Waals surface area contributed by atoms with Gasteiger partial charge in [0.15, 0.2) is 0 Å². The van der Waals surface area contributed by atoms with Crippen LogP contribution in [0.25, 0.3) is 10.8 Å². The molecule has 126 valence electrons. The number of fused-ring (bicyclic) bond motifs is 1. The molecule has 0 aliphatic heterocycles. The Balaban J connectivity index is 1.56. The molecular formula is C20H23NO3. The first kappa shape index (κ1) is 16.5. The smallest absolute Gasteiger partial charge is 0.306 e. The van der Waals surface area contributed by atoms with Gasteiger partial charge in [0.1, 0.15) is 0 Å². The van der Waals surface area contributed by atoms with Crippen LogP contribution in [0.1, 0.15) is 31.2 Å². The van der Waals surface area contributed by atoms with Gasteiger partial charge in [0.05, 0.1) is 5.92 Å². The van der Waals surface area contributed by atoms with Crippen LogP contribution < -0.4 is 5.32 Å². The zero-order valence-electron chi connectivity index (χ0n) is 13.7. The van der Waals surface area contributed by atoms with Crippen LogP contribution in [-0.4, -0.2) is 23.5 Å². The highest BCUT2D eigenvalue weighted by Crippen LogP contribution is 2.29. The predicted molar refractivity (Wildman–Crippen MR) is 93.7 cm³/mol. The Morgan fingerprint density at radius 1 is 1.04 bits per heavy atom. The number of nitrogens with one attached hydrogen (secondary N) is 1. The van der Waals surface area contributed by atoms with Gasteiger partial charge in [-0.2, -0.15) is 0 Å². The third-order valence-corrected chi connectivity index (χ3v) is 4.97. The molecule has 0 heterocycles. The molecule has 4 nitrogen and oxygen atoms in total. The van der Waals surface area contributed by atoms with Gasteiger partial charge in [0.2, 0.25) is 5.91 Å². The Morgan fingerprint density at radius 3 is 2.62 bits per heavy atom. The molecule has 1 amide bonds. The standard InChI is InChI=1S/C20H23NO3/c22-19(16-8-4-9-17(13-16)20(23)24)21-12-11-15-7-3-6-14-5-1-2-10-18(14)15/h1-3,5-7,10,16-17H,4,8-9,11-13H2,(H,21,22)(H,23,24). The molecule has 1 aliphatic rings. The maximum absolute atomic E-state index is 12.3. The lowest BCUT2D eigenvalue weighted by molar-refractivity contribution is -0.144. The molecule has 0 spiro atoms. The van der Waals surface area contributed by atoms with Crippen LogP contribution in [0.3, 0.4) is 0 Å². The van der Waals surface area contributed by atoms with E-state index >= 15 is 0 Å². The van der Waals surface area contributed by atoms with Gasteiger partial charge in [0.25, 0.3) is 0 Å². The van der Waals surface area contributed by atoms with Crippen molar-refractivity contribution in [3.8, 4) is 0 Å². The highest BCUT2D eigenvalue weighted by atomic mass is 16.4. The second kappa shape index (κ2) is 7.47. The van der Waals surface area contributed by atoms with Crippen LogP contribution in [0.15, 0.2) is 42.5 Å². The number of carboxylic acids is 1. The second-order valence-corrected chi connectivity index (χ2v) is 6.58. The van der Waals surface area contributed by atoms with Crippen molar-refractivity contribution in [1.82, 2.24) is 5.32 Å². The fraction of sp³-hybridized carbons (Fsp3) is 0.400. The Bertz CT molecular complexity index is 735. The summed E-state index contributed by atoms with van der Waals surface area (Å²) in [6.07, 6.45) is 3.55. The van der Waals surface area contributed by atoms with Crippen LogP contribution in [0.2, 0.25) is 0 Å². The first-order chi connectivity index (χ1) is 11.6. The number of carbonyl (C=O) groups is 2. The van der Waals surface area contributed by atoms with Gasteiger partial charge in [-0.1, -0.05) is 48.9 Å². The van der Waals surface area contributed by atoms with E-state index in [1.807, 2.05) is 18.2 Å². The molecule has 1 aliphatic carbocycles. The summed E-state index contributed by atoms with van der Waals surface area (Å²) in [6.45, 7) is 0.584. The number of hydrogen-bond donors (Lipinski definition) is 2. The lowest BCUT2D eigenvalue weighted by atomic mass is 9.81. The highest BCUT2D eigenvalue weighted by molar-refractivity contribution is 5.85. The van der Waals surface area contributed by atoms with Crippen molar-refractivity contribution in [2.24, 2.45) is 11.8 Å². The molecule has 2 atom stereocenters. The van der Waals surface area contributed by atoms with Crippen molar-refractivity contribution in [3.63, 3.8) is 0 Å². The molecule has 3 rings (SSSR count). The molecule has 2 aromatic rings. The van der Waals surface area contributed by atoms with Crippen LogP contribution in [0.4, 0.5) is 0 Å². The average molecular weight is 325 g/mol. The zero-order valence-corrected chi connectivity index (χ0v) is 13.7. The van der Waals surface area contributed by atoms with E-state index in [1.54, 1.807) is 0 Å².